The van der Waals surface area contributed by atoms with E-state index < -0.39 is 4.92 Å². The first-order valence-electron chi connectivity index (χ1n) is 7.77. The number of amides is 1. The normalized spacial score (nSPS) is 10.3. The van der Waals surface area contributed by atoms with E-state index in [1.807, 2.05) is 37.3 Å². The maximum atomic E-state index is 11.7. The third-order valence-corrected chi connectivity index (χ3v) is 3.93. The molecule has 126 valence electrons. The van der Waals surface area contributed by atoms with E-state index in [0.717, 1.165) is 11.1 Å². The molecule has 0 saturated carbocycles. The van der Waals surface area contributed by atoms with Crippen molar-refractivity contribution in [3.63, 3.8) is 0 Å². The Morgan fingerprint density at radius 3 is 2.46 bits per heavy atom. The van der Waals surface area contributed by atoms with Crippen molar-refractivity contribution in [2.24, 2.45) is 0 Å². The molecule has 0 spiro atoms. The summed E-state index contributed by atoms with van der Waals surface area (Å²) in [5.41, 5.74) is 2.90. The number of carbonyl (C=O) groups excluding carboxylic acids is 1. The van der Waals surface area contributed by atoms with Crippen LogP contribution in [0.15, 0.2) is 42.5 Å². The number of hydrogen-bond acceptors (Lipinski definition) is 4. The van der Waals surface area contributed by atoms with Gasteiger partial charge in [-0.1, -0.05) is 37.3 Å². The van der Waals surface area contributed by atoms with Crippen molar-refractivity contribution in [3.8, 4) is 0 Å². The van der Waals surface area contributed by atoms with E-state index in [0.29, 0.717) is 24.3 Å². The fraction of sp³-hybridized carbons (Fsp3) is 0.278. The number of nitro benzene ring substituents is 1. The molecule has 0 bridgehead atoms. The van der Waals surface area contributed by atoms with Gasteiger partial charge in [0.05, 0.1) is 4.92 Å². The van der Waals surface area contributed by atoms with Crippen LogP contribution in [0.5, 0.6) is 0 Å². The molecule has 6 nitrogen and oxygen atoms in total. The molecule has 0 aliphatic carbocycles. The fourth-order valence-corrected chi connectivity index (χ4v) is 2.47. The molecule has 1 N–H and O–H groups in total. The monoisotopic (exact) mass is 327 g/mol. The van der Waals surface area contributed by atoms with Crippen molar-refractivity contribution in [3.05, 3.63) is 63.7 Å². The van der Waals surface area contributed by atoms with Gasteiger partial charge in [0, 0.05) is 32.3 Å². The summed E-state index contributed by atoms with van der Waals surface area (Å²) in [5.74, 6) is -0.118. The first kappa shape index (κ1) is 17.5. The highest BCUT2D eigenvalue weighted by Crippen LogP contribution is 2.33. The summed E-state index contributed by atoms with van der Waals surface area (Å²) >= 11 is 0. The van der Waals surface area contributed by atoms with Crippen LogP contribution in [0.3, 0.4) is 0 Å². The van der Waals surface area contributed by atoms with Gasteiger partial charge in [-0.15, -0.1) is 0 Å². The van der Waals surface area contributed by atoms with Gasteiger partial charge in [0.2, 0.25) is 5.91 Å². The quantitative estimate of drug-likeness (QED) is 0.647. The molecule has 2 rings (SSSR count). The Bertz CT molecular complexity index is 745. The van der Waals surface area contributed by atoms with E-state index in [-0.39, 0.29) is 11.6 Å². The highest BCUT2D eigenvalue weighted by atomic mass is 16.6. The lowest BCUT2D eigenvalue weighted by atomic mass is 10.1. The van der Waals surface area contributed by atoms with Crippen molar-refractivity contribution in [1.82, 2.24) is 0 Å². The number of anilines is 2. The summed E-state index contributed by atoms with van der Waals surface area (Å²) in [6.45, 7) is 3.85. The number of hydrogen-bond donors (Lipinski definition) is 1. The minimum atomic E-state index is -0.399. The molecule has 0 heterocycles. The molecule has 24 heavy (non-hydrogen) atoms. The Hall–Kier alpha value is -2.89. The van der Waals surface area contributed by atoms with Crippen molar-refractivity contribution < 1.29 is 9.72 Å². The molecule has 1 amide bonds. The Balaban J connectivity index is 2.41. The highest BCUT2D eigenvalue weighted by molar-refractivity contribution is 5.93. The summed E-state index contributed by atoms with van der Waals surface area (Å²) in [6.07, 6.45) is 0.604. The number of aryl methyl sites for hydroxylation is 1. The molecule has 2 aromatic carbocycles. The summed E-state index contributed by atoms with van der Waals surface area (Å²) in [6, 6.07) is 12.9. The second kappa shape index (κ2) is 7.59. The van der Waals surface area contributed by atoms with Crippen LogP contribution in [0.1, 0.15) is 25.0 Å². The predicted octanol–water partition coefficient (Wildman–Crippen LogP) is 3.75. The highest BCUT2D eigenvalue weighted by Gasteiger charge is 2.20. The van der Waals surface area contributed by atoms with Crippen LogP contribution in [0.4, 0.5) is 17.1 Å². The standard InChI is InChI=1S/C18H21N3O3/c1-4-15-10-18(21(23)24)16(11-17(15)20(3)13(2)22)19-12-14-8-6-5-7-9-14/h5-11,19H,4,12H2,1-3H3. The molecule has 0 aliphatic heterocycles. The van der Waals surface area contributed by atoms with Crippen molar-refractivity contribution in [2.45, 2.75) is 26.8 Å². The number of benzene rings is 2. The molecule has 2 aromatic rings. The zero-order chi connectivity index (χ0) is 17.7. The van der Waals surface area contributed by atoms with Gasteiger partial charge < -0.3 is 10.2 Å². The van der Waals surface area contributed by atoms with Crippen LogP contribution in [-0.4, -0.2) is 17.9 Å². The topological polar surface area (TPSA) is 75.5 Å². The van der Waals surface area contributed by atoms with Crippen LogP contribution < -0.4 is 10.2 Å². The van der Waals surface area contributed by atoms with Gasteiger partial charge in [-0.25, -0.2) is 0 Å². The Morgan fingerprint density at radius 1 is 1.25 bits per heavy atom. The zero-order valence-corrected chi connectivity index (χ0v) is 14.1. The molecule has 0 saturated heterocycles. The second-order valence-electron chi connectivity index (χ2n) is 5.53. The van der Waals surface area contributed by atoms with E-state index >= 15 is 0 Å². The van der Waals surface area contributed by atoms with Crippen LogP contribution >= 0.6 is 0 Å². The molecule has 6 heteroatoms. The minimum absolute atomic E-state index is 0.0171. The lowest BCUT2D eigenvalue weighted by Crippen LogP contribution is -2.24. The summed E-state index contributed by atoms with van der Waals surface area (Å²) in [5, 5.41) is 14.5. The number of nitrogens with one attached hydrogen (secondary N) is 1. The Labute approximate surface area is 141 Å². The predicted molar refractivity (Wildman–Crippen MR) is 95.3 cm³/mol. The minimum Gasteiger partial charge on any atom is -0.375 e. The Kier molecular flexibility index (Phi) is 5.52. The molecular formula is C18H21N3O3. The lowest BCUT2D eigenvalue weighted by molar-refractivity contribution is -0.384. The number of carbonyl (C=O) groups is 1. The molecule has 0 radical (unpaired) electrons. The molecule has 0 atom stereocenters. The van der Waals surface area contributed by atoms with Crippen LogP contribution in [0, 0.1) is 10.1 Å². The number of nitro groups is 1. The average Bonchev–Trinajstić information content (AvgIpc) is 2.59. The van der Waals surface area contributed by atoms with Gasteiger partial charge in [0.15, 0.2) is 0 Å². The van der Waals surface area contributed by atoms with E-state index in [4.69, 9.17) is 0 Å². The number of rotatable bonds is 6. The van der Waals surface area contributed by atoms with Gasteiger partial charge in [-0.2, -0.15) is 0 Å². The first-order chi connectivity index (χ1) is 11.4. The van der Waals surface area contributed by atoms with E-state index in [1.54, 1.807) is 19.2 Å². The van der Waals surface area contributed by atoms with Crippen LogP contribution in [0.25, 0.3) is 0 Å². The maximum absolute atomic E-state index is 11.7. The fourth-order valence-electron chi connectivity index (χ4n) is 2.47. The Morgan fingerprint density at radius 2 is 1.92 bits per heavy atom. The van der Waals surface area contributed by atoms with E-state index in [9.17, 15) is 14.9 Å². The van der Waals surface area contributed by atoms with Crippen molar-refractivity contribution >= 4 is 23.0 Å². The largest absolute Gasteiger partial charge is 0.375 e. The third-order valence-electron chi connectivity index (χ3n) is 3.93. The smallest absolute Gasteiger partial charge is 0.292 e. The van der Waals surface area contributed by atoms with Crippen molar-refractivity contribution in [1.29, 1.82) is 0 Å². The zero-order valence-electron chi connectivity index (χ0n) is 14.1. The molecule has 0 aromatic heterocycles. The average molecular weight is 327 g/mol. The number of nitrogens with zero attached hydrogens (tertiary/aromatic N) is 2. The van der Waals surface area contributed by atoms with E-state index in [1.165, 1.54) is 11.8 Å². The van der Waals surface area contributed by atoms with Gasteiger partial charge in [-0.3, -0.25) is 14.9 Å². The van der Waals surface area contributed by atoms with Gasteiger partial charge in [-0.05, 0) is 23.6 Å². The molecule has 0 unspecified atom stereocenters. The lowest BCUT2D eigenvalue weighted by Gasteiger charge is -2.20. The van der Waals surface area contributed by atoms with Gasteiger partial charge >= 0.3 is 0 Å². The molecular weight excluding hydrogens is 306 g/mol. The SMILES string of the molecule is CCc1cc([N+](=O)[O-])c(NCc2ccccc2)cc1N(C)C(C)=O. The summed E-state index contributed by atoms with van der Waals surface area (Å²) in [4.78, 5) is 24.2. The van der Waals surface area contributed by atoms with E-state index in [2.05, 4.69) is 5.32 Å². The second-order valence-corrected chi connectivity index (χ2v) is 5.53. The summed E-state index contributed by atoms with van der Waals surface area (Å²) < 4.78 is 0. The third kappa shape index (κ3) is 3.90. The molecule has 0 aliphatic rings. The van der Waals surface area contributed by atoms with Gasteiger partial charge in [0.1, 0.15) is 5.69 Å². The van der Waals surface area contributed by atoms with Crippen LogP contribution in [-0.2, 0) is 17.8 Å². The summed E-state index contributed by atoms with van der Waals surface area (Å²) in [7, 11) is 1.67. The van der Waals surface area contributed by atoms with Crippen LogP contribution in [0.2, 0.25) is 0 Å². The maximum Gasteiger partial charge on any atom is 0.292 e. The van der Waals surface area contributed by atoms with Gasteiger partial charge in [0.25, 0.3) is 5.69 Å². The molecule has 0 fully saturated rings. The van der Waals surface area contributed by atoms with Crippen molar-refractivity contribution in [2.75, 3.05) is 17.3 Å². The first-order valence-corrected chi connectivity index (χ1v) is 7.77.